The molecule has 1 atom stereocenters. The Bertz CT molecular complexity index is 986. The predicted octanol–water partition coefficient (Wildman–Crippen LogP) is 7.96. The number of hydrogen-bond donors (Lipinski definition) is 1. The number of alkyl halides is 1. The van der Waals surface area contributed by atoms with Gasteiger partial charge in [-0.3, -0.25) is 0 Å². The van der Waals surface area contributed by atoms with Gasteiger partial charge in [0.1, 0.15) is 12.0 Å². The molecule has 0 radical (unpaired) electrons. The molecule has 176 valence electrons. The maximum atomic E-state index is 13.2. The Balaban J connectivity index is 2.11. The van der Waals surface area contributed by atoms with E-state index in [-0.39, 0.29) is 5.41 Å². The summed E-state index contributed by atoms with van der Waals surface area (Å²) >= 11 is 0. The summed E-state index contributed by atoms with van der Waals surface area (Å²) in [6.07, 6.45) is 15.4. The van der Waals surface area contributed by atoms with Gasteiger partial charge in [0.15, 0.2) is 0 Å². The van der Waals surface area contributed by atoms with Crippen molar-refractivity contribution < 1.29 is 4.39 Å². The molecule has 0 saturated heterocycles. The quantitative estimate of drug-likeness (QED) is 0.276. The monoisotopic (exact) mass is 447 g/mol. The molecule has 2 rings (SSSR count). The minimum Gasteiger partial charge on any atom is -0.368 e. The van der Waals surface area contributed by atoms with Crippen LogP contribution in [0.3, 0.4) is 0 Å². The fraction of sp³-hybridized carbons (Fsp3) is 0.379. The topological polar surface area (TPSA) is 37.8 Å². The maximum Gasteiger partial charge on any atom is 0.148 e. The highest BCUT2D eigenvalue weighted by Gasteiger charge is 2.21. The van der Waals surface area contributed by atoms with Crippen LogP contribution in [-0.2, 0) is 0 Å². The molecule has 0 fully saturated rings. The Morgan fingerprint density at radius 2 is 2.06 bits per heavy atom. The lowest BCUT2D eigenvalue weighted by molar-refractivity contribution is 0.365. The molecule has 0 amide bonds. The molecule has 1 aliphatic carbocycles. The first kappa shape index (κ1) is 26.2. The average molecular weight is 448 g/mol. The Labute approximate surface area is 199 Å². The second-order valence-electron chi connectivity index (χ2n) is 9.44. The molecule has 3 nitrogen and oxygen atoms in total. The second-order valence-corrected chi connectivity index (χ2v) is 9.44. The number of halogens is 1. The van der Waals surface area contributed by atoms with Crippen LogP contribution in [0.1, 0.15) is 59.6 Å². The van der Waals surface area contributed by atoms with Crippen LogP contribution in [0.15, 0.2) is 90.1 Å². The number of hydrogen-bond acceptors (Lipinski definition) is 3. The highest BCUT2D eigenvalue weighted by atomic mass is 19.1. The van der Waals surface area contributed by atoms with Gasteiger partial charge >= 0.3 is 0 Å². The Hall–Kier alpha value is -3.01. The SMILES string of the molecule is C=C/C=C(\C=C/CC(C)F)C(C)(C)CNc1ccc(C2=CC(CC(=C)C)=C(C)C=CC2)nn1. The average Bonchev–Trinajstić information content (AvgIpc) is 2.93. The van der Waals surface area contributed by atoms with Crippen molar-refractivity contribution in [1.82, 2.24) is 10.2 Å². The predicted molar refractivity (Wildman–Crippen MR) is 141 cm³/mol. The standard InChI is InChI=1S/C29H38FN3/c1-8-11-26(15-10-13-23(5)30)29(6,7)20-31-28-17-16-27(32-33-28)24-14-9-12-22(4)25(19-24)18-21(2)3/h8-12,15-17,19,23H,1-2,13-14,18,20H2,3-7H3,(H,31,33)/b15-10-,26-11+. The Morgan fingerprint density at radius 3 is 2.67 bits per heavy atom. The number of allylic oxidation sites excluding steroid dienone is 11. The summed E-state index contributed by atoms with van der Waals surface area (Å²) in [5.74, 6) is 0.727. The highest BCUT2D eigenvalue weighted by Crippen LogP contribution is 2.29. The van der Waals surface area contributed by atoms with Crippen molar-refractivity contribution in [3.63, 3.8) is 0 Å². The summed E-state index contributed by atoms with van der Waals surface area (Å²) in [5, 5.41) is 12.3. The van der Waals surface area contributed by atoms with Crippen molar-refractivity contribution in [3.05, 3.63) is 95.8 Å². The van der Waals surface area contributed by atoms with Crippen molar-refractivity contribution in [2.24, 2.45) is 5.41 Å². The van der Waals surface area contributed by atoms with E-state index in [2.05, 4.69) is 74.6 Å². The smallest absolute Gasteiger partial charge is 0.148 e. The van der Waals surface area contributed by atoms with E-state index in [9.17, 15) is 4.39 Å². The van der Waals surface area contributed by atoms with Gasteiger partial charge < -0.3 is 5.32 Å². The lowest BCUT2D eigenvalue weighted by Crippen LogP contribution is -2.25. The number of rotatable bonds is 11. The maximum absolute atomic E-state index is 13.2. The lowest BCUT2D eigenvalue weighted by Gasteiger charge is -2.27. The van der Waals surface area contributed by atoms with Crippen LogP contribution in [0.2, 0.25) is 0 Å². The Morgan fingerprint density at radius 1 is 1.30 bits per heavy atom. The van der Waals surface area contributed by atoms with E-state index in [1.807, 2.05) is 30.4 Å². The molecule has 0 spiro atoms. The van der Waals surface area contributed by atoms with Crippen LogP contribution in [0, 0.1) is 5.41 Å². The van der Waals surface area contributed by atoms with Crippen molar-refractivity contribution in [2.75, 3.05) is 11.9 Å². The molecule has 0 bridgehead atoms. The molecule has 1 aromatic heterocycles. The fourth-order valence-electron chi connectivity index (χ4n) is 3.57. The van der Waals surface area contributed by atoms with E-state index in [1.165, 1.54) is 11.1 Å². The van der Waals surface area contributed by atoms with Gasteiger partial charge in [0, 0.05) is 12.0 Å². The van der Waals surface area contributed by atoms with Gasteiger partial charge in [0.2, 0.25) is 0 Å². The molecular weight excluding hydrogens is 409 g/mol. The van der Waals surface area contributed by atoms with Crippen LogP contribution in [0.4, 0.5) is 10.2 Å². The second kappa shape index (κ2) is 12.3. The Kier molecular flexibility index (Phi) is 9.77. The van der Waals surface area contributed by atoms with Gasteiger partial charge in [-0.25, -0.2) is 4.39 Å². The van der Waals surface area contributed by atoms with Gasteiger partial charge in [-0.1, -0.05) is 75.1 Å². The van der Waals surface area contributed by atoms with E-state index in [0.29, 0.717) is 13.0 Å². The number of anilines is 1. The van der Waals surface area contributed by atoms with Gasteiger partial charge in [-0.2, -0.15) is 0 Å². The van der Waals surface area contributed by atoms with Crippen molar-refractivity contribution >= 4 is 11.4 Å². The zero-order valence-corrected chi connectivity index (χ0v) is 20.8. The summed E-state index contributed by atoms with van der Waals surface area (Å²) < 4.78 is 13.2. The van der Waals surface area contributed by atoms with Crippen molar-refractivity contribution in [3.8, 4) is 0 Å². The normalized spacial score (nSPS) is 15.9. The first-order valence-electron chi connectivity index (χ1n) is 11.6. The molecule has 0 aliphatic heterocycles. The largest absolute Gasteiger partial charge is 0.368 e. The lowest BCUT2D eigenvalue weighted by atomic mass is 9.83. The van der Waals surface area contributed by atoms with Gasteiger partial charge in [-0.05, 0) is 74.5 Å². The van der Waals surface area contributed by atoms with Gasteiger partial charge in [0.25, 0.3) is 0 Å². The van der Waals surface area contributed by atoms with Gasteiger partial charge in [0.05, 0.1) is 5.69 Å². The molecule has 1 aliphatic rings. The van der Waals surface area contributed by atoms with E-state index < -0.39 is 6.17 Å². The first-order valence-corrected chi connectivity index (χ1v) is 11.6. The summed E-state index contributed by atoms with van der Waals surface area (Å²) in [5.41, 5.74) is 6.60. The van der Waals surface area contributed by atoms with Crippen LogP contribution >= 0.6 is 0 Å². The number of nitrogens with one attached hydrogen (secondary N) is 1. The van der Waals surface area contributed by atoms with Crippen LogP contribution in [0.5, 0.6) is 0 Å². The van der Waals surface area contributed by atoms with Crippen molar-refractivity contribution in [1.29, 1.82) is 0 Å². The molecular formula is C29H38FN3. The fourth-order valence-corrected chi connectivity index (χ4v) is 3.57. The van der Waals surface area contributed by atoms with E-state index in [0.717, 1.165) is 41.1 Å². The third-order valence-corrected chi connectivity index (χ3v) is 5.59. The third kappa shape index (κ3) is 8.45. The minimum absolute atomic E-state index is 0.195. The molecule has 33 heavy (non-hydrogen) atoms. The van der Waals surface area contributed by atoms with Crippen LogP contribution in [0.25, 0.3) is 5.57 Å². The summed E-state index contributed by atoms with van der Waals surface area (Å²) in [6, 6.07) is 3.99. The minimum atomic E-state index is -0.850. The molecule has 1 aromatic rings. The van der Waals surface area contributed by atoms with Gasteiger partial charge in [-0.15, -0.1) is 10.2 Å². The molecule has 1 unspecified atom stereocenters. The van der Waals surface area contributed by atoms with E-state index >= 15 is 0 Å². The molecule has 4 heteroatoms. The highest BCUT2D eigenvalue weighted by molar-refractivity contribution is 5.69. The van der Waals surface area contributed by atoms with Crippen LogP contribution < -0.4 is 5.32 Å². The van der Waals surface area contributed by atoms with E-state index in [4.69, 9.17) is 0 Å². The third-order valence-electron chi connectivity index (χ3n) is 5.59. The molecule has 1 N–H and O–H groups in total. The zero-order valence-electron chi connectivity index (χ0n) is 20.8. The van der Waals surface area contributed by atoms with E-state index in [1.54, 1.807) is 13.0 Å². The number of nitrogens with zero attached hydrogens (tertiary/aromatic N) is 2. The van der Waals surface area contributed by atoms with Crippen molar-refractivity contribution in [2.45, 2.75) is 60.1 Å². The summed E-state index contributed by atoms with van der Waals surface area (Å²) in [7, 11) is 0. The first-order chi connectivity index (χ1) is 15.6. The van der Waals surface area contributed by atoms with Crippen LogP contribution in [-0.4, -0.2) is 22.9 Å². The summed E-state index contributed by atoms with van der Waals surface area (Å²) in [6.45, 7) is 18.6. The number of aromatic nitrogens is 2. The molecule has 0 saturated carbocycles. The molecule has 1 heterocycles. The molecule has 0 aromatic carbocycles. The summed E-state index contributed by atoms with van der Waals surface area (Å²) in [4.78, 5) is 0. The zero-order chi connectivity index (χ0) is 24.4.